The van der Waals surface area contributed by atoms with Crippen LogP contribution in [0.4, 0.5) is 8.78 Å². The Morgan fingerprint density at radius 1 is 1.43 bits per heavy atom. The van der Waals surface area contributed by atoms with Gasteiger partial charge in [0.05, 0.1) is 16.4 Å². The van der Waals surface area contributed by atoms with E-state index in [0.717, 1.165) is 0 Å². The molecular weight excluding hydrogens is 330 g/mol. The molecule has 0 spiro atoms. The van der Waals surface area contributed by atoms with E-state index in [-0.39, 0.29) is 12.1 Å². The minimum atomic E-state index is -3.13. The van der Waals surface area contributed by atoms with E-state index in [1.807, 2.05) is 0 Å². The quantitative estimate of drug-likeness (QED) is 0.909. The molecule has 0 saturated heterocycles. The first-order valence-electron chi connectivity index (χ1n) is 7.23. The Balaban J connectivity index is 2.42. The first-order valence-corrected chi connectivity index (χ1v) is 7.61. The zero-order chi connectivity index (χ0) is 17.5. The van der Waals surface area contributed by atoms with Gasteiger partial charge >= 0.3 is 0 Å². The molecule has 2 heterocycles. The van der Waals surface area contributed by atoms with Crippen molar-refractivity contribution in [3.63, 3.8) is 0 Å². The summed E-state index contributed by atoms with van der Waals surface area (Å²) in [6.45, 7) is 6.59. The summed E-state index contributed by atoms with van der Waals surface area (Å²) in [6.07, 6.45) is -3.22. The number of aromatic nitrogens is 2. The van der Waals surface area contributed by atoms with Gasteiger partial charge in [0.15, 0.2) is 0 Å². The van der Waals surface area contributed by atoms with Gasteiger partial charge in [-0.2, -0.15) is 15.2 Å². The summed E-state index contributed by atoms with van der Waals surface area (Å²) in [7, 11) is 0. The van der Waals surface area contributed by atoms with E-state index in [1.165, 1.54) is 11.6 Å². The van der Waals surface area contributed by atoms with E-state index in [2.05, 4.69) is 10.2 Å². The number of rotatable bonds is 4. The van der Waals surface area contributed by atoms with E-state index >= 15 is 0 Å². The molecule has 128 valence electrons. The monoisotopic (exact) mass is 348 g/mol. The molecule has 1 aromatic heterocycles. The molecule has 0 aromatic carbocycles. The summed E-state index contributed by atoms with van der Waals surface area (Å²) in [6, 6.07) is -0.874. The third-order valence-corrected chi connectivity index (χ3v) is 4.46. The van der Waals surface area contributed by atoms with Crippen LogP contribution in [0.3, 0.4) is 0 Å². The predicted octanol–water partition coefficient (Wildman–Crippen LogP) is 2.67. The lowest BCUT2D eigenvalue weighted by Gasteiger charge is -2.32. The molecule has 0 radical (unpaired) electrons. The summed E-state index contributed by atoms with van der Waals surface area (Å²) < 4.78 is 27.9. The van der Waals surface area contributed by atoms with Crippen LogP contribution in [0.15, 0.2) is 5.10 Å². The molecule has 1 aliphatic rings. The minimum absolute atomic E-state index is 0.266. The van der Waals surface area contributed by atoms with Gasteiger partial charge in [0.25, 0.3) is 12.3 Å². The topological polar surface area (TPSA) is 70.7 Å². The van der Waals surface area contributed by atoms with Gasteiger partial charge in [-0.15, -0.1) is 0 Å². The van der Waals surface area contributed by atoms with Crippen molar-refractivity contribution in [1.29, 1.82) is 0 Å². The molecule has 1 aromatic rings. The van der Waals surface area contributed by atoms with E-state index in [4.69, 9.17) is 11.6 Å². The molecular formula is C14H19ClF2N4O2. The standard InChI is InChI=1S/C14H19ClF2N4O2/c1-5-10(20-9(4)11(15)8(3)19-20)12(22)21-14(23,13(16)17)6-7(2)18-21/h10,13,23H,5-6H2,1-4H3/t10-,14+/m1/s1. The summed E-state index contributed by atoms with van der Waals surface area (Å²) >= 11 is 6.09. The Hall–Kier alpha value is -1.54. The Bertz CT molecular complexity index is 661. The largest absolute Gasteiger partial charge is 0.364 e. The van der Waals surface area contributed by atoms with Crippen LogP contribution in [0, 0.1) is 13.8 Å². The number of hydrogen-bond acceptors (Lipinski definition) is 4. The first-order chi connectivity index (χ1) is 10.6. The van der Waals surface area contributed by atoms with Crippen molar-refractivity contribution in [2.45, 2.75) is 58.7 Å². The van der Waals surface area contributed by atoms with Crippen LogP contribution in [0.25, 0.3) is 0 Å². The molecule has 9 heteroatoms. The molecule has 0 fully saturated rings. The molecule has 1 amide bonds. The number of hydrazone groups is 1. The number of aryl methyl sites for hydroxylation is 1. The minimum Gasteiger partial charge on any atom is -0.364 e. The van der Waals surface area contributed by atoms with Crippen LogP contribution in [-0.4, -0.2) is 43.7 Å². The van der Waals surface area contributed by atoms with E-state index in [9.17, 15) is 18.7 Å². The average Bonchev–Trinajstić information content (AvgIpc) is 2.92. The number of hydrogen-bond donors (Lipinski definition) is 1. The van der Waals surface area contributed by atoms with Crippen LogP contribution in [0.1, 0.15) is 44.1 Å². The second-order valence-corrected chi connectivity index (χ2v) is 6.07. The van der Waals surface area contributed by atoms with Crippen molar-refractivity contribution < 1.29 is 18.7 Å². The van der Waals surface area contributed by atoms with Crippen molar-refractivity contribution >= 4 is 23.2 Å². The van der Waals surface area contributed by atoms with Gasteiger partial charge < -0.3 is 5.11 Å². The fourth-order valence-corrected chi connectivity index (χ4v) is 2.82. The normalized spacial score (nSPS) is 22.7. The zero-order valence-corrected chi connectivity index (χ0v) is 14.1. The maximum absolute atomic E-state index is 13.3. The van der Waals surface area contributed by atoms with Crippen molar-refractivity contribution in [1.82, 2.24) is 14.8 Å². The zero-order valence-electron chi connectivity index (χ0n) is 13.3. The molecule has 2 atom stereocenters. The molecule has 0 bridgehead atoms. The Morgan fingerprint density at radius 3 is 2.48 bits per heavy atom. The number of halogens is 3. The molecule has 0 saturated carbocycles. The number of carbonyl (C=O) groups excluding carboxylic acids is 1. The maximum atomic E-state index is 13.3. The average molecular weight is 349 g/mol. The summed E-state index contributed by atoms with van der Waals surface area (Å²) in [5, 5.41) is 19.1. The lowest BCUT2D eigenvalue weighted by atomic mass is 10.1. The SMILES string of the molecule is CC[C@H](C(=O)N1N=C(C)C[C@]1(O)C(F)F)n1nc(C)c(Cl)c1C. The smallest absolute Gasteiger partial charge is 0.287 e. The summed E-state index contributed by atoms with van der Waals surface area (Å²) in [4.78, 5) is 12.7. The van der Waals surface area contributed by atoms with Gasteiger partial charge in [0.1, 0.15) is 6.04 Å². The molecule has 0 aliphatic carbocycles. The van der Waals surface area contributed by atoms with Gasteiger partial charge in [-0.3, -0.25) is 9.48 Å². The fourth-order valence-electron chi connectivity index (χ4n) is 2.69. The second-order valence-electron chi connectivity index (χ2n) is 5.69. The van der Waals surface area contributed by atoms with Crippen LogP contribution >= 0.6 is 11.6 Å². The summed E-state index contributed by atoms with van der Waals surface area (Å²) in [5.41, 5.74) is -1.25. The maximum Gasteiger partial charge on any atom is 0.287 e. The number of aliphatic hydroxyl groups is 1. The van der Waals surface area contributed by atoms with Crippen molar-refractivity contribution in [3.05, 3.63) is 16.4 Å². The predicted molar refractivity (Wildman–Crippen MR) is 81.6 cm³/mol. The first kappa shape index (κ1) is 17.8. The molecule has 1 N–H and O–H groups in total. The number of nitrogens with zero attached hydrogens (tertiary/aromatic N) is 4. The molecule has 6 nitrogen and oxygen atoms in total. The molecule has 2 rings (SSSR count). The molecule has 1 aliphatic heterocycles. The van der Waals surface area contributed by atoms with E-state index in [1.54, 1.807) is 20.8 Å². The lowest BCUT2D eigenvalue weighted by Crippen LogP contribution is -2.53. The third-order valence-electron chi connectivity index (χ3n) is 3.92. The lowest BCUT2D eigenvalue weighted by molar-refractivity contribution is -0.194. The molecule has 23 heavy (non-hydrogen) atoms. The molecule has 0 unspecified atom stereocenters. The Labute approximate surface area is 137 Å². The Morgan fingerprint density at radius 2 is 2.04 bits per heavy atom. The van der Waals surface area contributed by atoms with E-state index < -0.39 is 24.1 Å². The summed E-state index contributed by atoms with van der Waals surface area (Å²) in [5.74, 6) is -0.741. The number of amides is 1. The van der Waals surface area contributed by atoms with E-state index in [0.29, 0.717) is 27.8 Å². The second kappa shape index (κ2) is 6.16. The van der Waals surface area contributed by atoms with Crippen LogP contribution in [0.2, 0.25) is 5.02 Å². The van der Waals surface area contributed by atoms with Gasteiger partial charge in [-0.25, -0.2) is 8.78 Å². The van der Waals surface area contributed by atoms with Crippen molar-refractivity contribution in [2.24, 2.45) is 5.10 Å². The van der Waals surface area contributed by atoms with Crippen LogP contribution in [0.5, 0.6) is 0 Å². The fraction of sp³-hybridized carbons (Fsp3) is 0.643. The Kier molecular flexibility index (Phi) is 4.77. The van der Waals surface area contributed by atoms with Crippen LogP contribution in [-0.2, 0) is 4.79 Å². The number of alkyl halides is 2. The highest BCUT2D eigenvalue weighted by molar-refractivity contribution is 6.31. The van der Waals surface area contributed by atoms with Gasteiger partial charge in [0, 0.05) is 12.1 Å². The third kappa shape index (κ3) is 2.85. The van der Waals surface area contributed by atoms with Crippen molar-refractivity contribution in [2.75, 3.05) is 0 Å². The van der Waals surface area contributed by atoms with Gasteiger partial charge in [-0.05, 0) is 27.2 Å². The van der Waals surface area contributed by atoms with Crippen LogP contribution < -0.4 is 0 Å². The number of carbonyl (C=O) groups is 1. The highest BCUT2D eigenvalue weighted by Crippen LogP contribution is 2.34. The highest BCUT2D eigenvalue weighted by atomic mass is 35.5. The van der Waals surface area contributed by atoms with Gasteiger partial charge in [0.2, 0.25) is 5.72 Å². The van der Waals surface area contributed by atoms with Gasteiger partial charge in [-0.1, -0.05) is 18.5 Å². The highest BCUT2D eigenvalue weighted by Gasteiger charge is 2.52. The van der Waals surface area contributed by atoms with Crippen molar-refractivity contribution in [3.8, 4) is 0 Å².